The van der Waals surface area contributed by atoms with E-state index in [2.05, 4.69) is 6.58 Å². The van der Waals surface area contributed by atoms with Crippen LogP contribution in [-0.2, 0) is 4.74 Å². The molecule has 0 atom stereocenters. The average molecular weight is 177 g/mol. The molecule has 2 nitrogen and oxygen atoms in total. The van der Waals surface area contributed by atoms with Crippen molar-refractivity contribution in [3.8, 4) is 0 Å². The van der Waals surface area contributed by atoms with Gasteiger partial charge in [-0.3, -0.25) is 4.90 Å². The maximum atomic E-state index is 5.18. The van der Waals surface area contributed by atoms with Gasteiger partial charge in [-0.25, -0.2) is 0 Å². The molecule has 13 heavy (non-hydrogen) atoms. The van der Waals surface area contributed by atoms with Gasteiger partial charge < -0.3 is 4.74 Å². The zero-order valence-electron chi connectivity index (χ0n) is 8.37. The van der Waals surface area contributed by atoms with Gasteiger partial charge in [0.25, 0.3) is 0 Å². The van der Waals surface area contributed by atoms with Crippen LogP contribution in [0.25, 0.3) is 0 Å². The van der Waals surface area contributed by atoms with E-state index in [-0.39, 0.29) is 0 Å². The Morgan fingerprint density at radius 3 is 2.77 bits per heavy atom. The zero-order valence-corrected chi connectivity index (χ0v) is 8.37. The molecule has 2 heteroatoms. The van der Waals surface area contributed by atoms with Gasteiger partial charge in [-0.1, -0.05) is 20.4 Å². The molecule has 0 amide bonds. The summed E-state index contributed by atoms with van der Waals surface area (Å²) in [5.41, 5.74) is 2.18. The van der Waals surface area contributed by atoms with Crippen molar-refractivity contribution in [2.24, 2.45) is 0 Å². The first-order valence-electron chi connectivity index (χ1n) is 4.48. The highest BCUT2D eigenvalue weighted by Gasteiger charge is 2.16. The maximum absolute atomic E-state index is 5.18. The predicted octanol–water partition coefficient (Wildman–Crippen LogP) is 3.13. The second-order valence-corrected chi connectivity index (χ2v) is 2.63. The van der Waals surface area contributed by atoms with Gasteiger partial charge in [-0.15, -0.1) is 0 Å². The van der Waals surface area contributed by atoms with Crippen LogP contribution in [0, 0.1) is 0 Å². The topological polar surface area (TPSA) is 12.5 Å². The van der Waals surface area contributed by atoms with Crippen molar-refractivity contribution >= 4 is 0 Å². The Kier molecular flexibility index (Phi) is 2.96. The first kappa shape index (κ1) is 9.65. The maximum Gasteiger partial charge on any atom is 0.203 e. The van der Waals surface area contributed by atoms with Crippen molar-refractivity contribution in [2.75, 3.05) is 0 Å². The molecular weight excluding hydrogens is 162 g/mol. The third-order valence-electron chi connectivity index (χ3n) is 1.80. The van der Waals surface area contributed by atoms with Crippen LogP contribution in [0.5, 0.6) is 0 Å². The van der Waals surface area contributed by atoms with Gasteiger partial charge in [0.2, 0.25) is 5.88 Å². The lowest BCUT2D eigenvalue weighted by molar-refractivity contribution is 0.304. The van der Waals surface area contributed by atoms with Crippen molar-refractivity contribution in [3.05, 3.63) is 48.3 Å². The number of ether oxygens (including phenoxy) is 1. The molecule has 0 fully saturated rings. The van der Waals surface area contributed by atoms with E-state index in [1.54, 1.807) is 6.26 Å². The normalized spacial score (nSPS) is 18.1. The highest BCUT2D eigenvalue weighted by molar-refractivity contribution is 5.41. The van der Waals surface area contributed by atoms with E-state index in [9.17, 15) is 0 Å². The molecule has 0 aromatic rings. The van der Waals surface area contributed by atoms with Gasteiger partial charge >= 0.3 is 0 Å². The van der Waals surface area contributed by atoms with E-state index in [4.69, 9.17) is 4.74 Å². The Labute approximate surface area is 79.5 Å². The summed E-state index contributed by atoms with van der Waals surface area (Å²) in [6.45, 7) is 9.91. The van der Waals surface area contributed by atoms with Gasteiger partial charge in [0.1, 0.15) is 6.26 Å². The molecule has 0 aliphatic carbocycles. The quantitative estimate of drug-likeness (QED) is 0.563. The monoisotopic (exact) mass is 177 g/mol. The molecule has 0 aromatic carbocycles. The fourth-order valence-corrected chi connectivity index (χ4v) is 1.07. The van der Waals surface area contributed by atoms with Gasteiger partial charge in [0, 0.05) is 18.5 Å². The van der Waals surface area contributed by atoms with Crippen LogP contribution >= 0.6 is 0 Å². The SMILES string of the molecule is C=C1C=C2OC=CN2C=C1C.CC. The summed E-state index contributed by atoms with van der Waals surface area (Å²) in [4.78, 5) is 1.93. The first-order valence-corrected chi connectivity index (χ1v) is 4.48. The molecule has 2 aliphatic rings. The van der Waals surface area contributed by atoms with Crippen molar-refractivity contribution in [3.63, 3.8) is 0 Å². The summed E-state index contributed by atoms with van der Waals surface area (Å²) in [5, 5.41) is 0. The Morgan fingerprint density at radius 1 is 1.38 bits per heavy atom. The fraction of sp³-hybridized carbons (Fsp3) is 0.273. The smallest absolute Gasteiger partial charge is 0.203 e. The van der Waals surface area contributed by atoms with E-state index >= 15 is 0 Å². The van der Waals surface area contributed by atoms with Gasteiger partial charge in [-0.05, 0) is 18.1 Å². The summed E-state index contributed by atoms with van der Waals surface area (Å²) in [6, 6.07) is 0. The van der Waals surface area contributed by atoms with E-state index in [1.807, 2.05) is 44.1 Å². The molecule has 0 bridgehead atoms. The number of allylic oxidation sites excluding steroid dienone is 3. The van der Waals surface area contributed by atoms with Gasteiger partial charge in [-0.2, -0.15) is 0 Å². The van der Waals surface area contributed by atoms with E-state index in [0.717, 1.165) is 11.5 Å². The minimum absolute atomic E-state index is 0.834. The number of hydrogen-bond acceptors (Lipinski definition) is 2. The lowest BCUT2D eigenvalue weighted by Gasteiger charge is -2.18. The third-order valence-corrected chi connectivity index (χ3v) is 1.80. The molecule has 0 saturated carbocycles. The predicted molar refractivity (Wildman–Crippen MR) is 54.4 cm³/mol. The standard InChI is InChI=1S/C9H9NO.C2H6/c1-7-5-9-10(3-4-11-9)6-8(7)2;1-2/h3-6H,1H2,2H3;1-2H3. The molecule has 2 aliphatic heterocycles. The third kappa shape index (κ3) is 1.83. The number of fused-ring (bicyclic) bond motifs is 1. The molecule has 2 rings (SSSR count). The van der Waals surface area contributed by atoms with E-state index in [0.29, 0.717) is 0 Å². The molecule has 0 radical (unpaired) electrons. The Morgan fingerprint density at radius 2 is 2.08 bits per heavy atom. The molecule has 0 unspecified atom stereocenters. The van der Waals surface area contributed by atoms with E-state index in [1.165, 1.54) is 5.57 Å². The Bertz CT molecular complexity index is 297. The fourth-order valence-electron chi connectivity index (χ4n) is 1.07. The lowest BCUT2D eigenvalue weighted by atomic mass is 10.1. The highest BCUT2D eigenvalue weighted by atomic mass is 16.5. The van der Waals surface area contributed by atoms with Crippen LogP contribution in [0.3, 0.4) is 0 Å². The summed E-state index contributed by atoms with van der Waals surface area (Å²) >= 11 is 0. The molecule has 0 aromatic heterocycles. The molecule has 0 N–H and O–H groups in total. The van der Waals surface area contributed by atoms with Crippen molar-refractivity contribution in [2.45, 2.75) is 20.8 Å². The summed E-state index contributed by atoms with van der Waals surface area (Å²) in [6.07, 6.45) is 7.46. The van der Waals surface area contributed by atoms with Crippen LogP contribution in [0.1, 0.15) is 20.8 Å². The molecule has 70 valence electrons. The van der Waals surface area contributed by atoms with Crippen molar-refractivity contribution < 1.29 is 4.74 Å². The van der Waals surface area contributed by atoms with Crippen LogP contribution in [-0.4, -0.2) is 4.90 Å². The second-order valence-electron chi connectivity index (χ2n) is 2.63. The Hall–Kier alpha value is -1.44. The number of hydrogen-bond donors (Lipinski definition) is 0. The molecule has 0 spiro atoms. The molecular formula is C11H15NO. The minimum Gasteiger partial charge on any atom is -0.447 e. The number of rotatable bonds is 0. The Balaban J connectivity index is 0.000000396. The van der Waals surface area contributed by atoms with Crippen LogP contribution in [0.2, 0.25) is 0 Å². The van der Waals surface area contributed by atoms with Crippen LogP contribution < -0.4 is 0 Å². The van der Waals surface area contributed by atoms with Crippen molar-refractivity contribution in [1.82, 2.24) is 4.90 Å². The highest BCUT2D eigenvalue weighted by Crippen LogP contribution is 2.25. The largest absolute Gasteiger partial charge is 0.447 e. The van der Waals surface area contributed by atoms with Crippen LogP contribution in [0.15, 0.2) is 48.3 Å². The summed E-state index contributed by atoms with van der Waals surface area (Å²) in [5.74, 6) is 0.834. The molecule has 0 saturated heterocycles. The van der Waals surface area contributed by atoms with Crippen LogP contribution in [0.4, 0.5) is 0 Å². The lowest BCUT2D eigenvalue weighted by Crippen LogP contribution is -2.10. The number of nitrogens with zero attached hydrogens (tertiary/aromatic N) is 1. The van der Waals surface area contributed by atoms with Gasteiger partial charge in [0.15, 0.2) is 0 Å². The zero-order chi connectivity index (χ0) is 9.84. The average Bonchev–Trinajstić information content (AvgIpc) is 2.56. The summed E-state index contributed by atoms with van der Waals surface area (Å²) < 4.78 is 5.18. The molecule has 2 heterocycles. The minimum atomic E-state index is 0.834. The van der Waals surface area contributed by atoms with E-state index < -0.39 is 0 Å². The second kappa shape index (κ2) is 3.99. The van der Waals surface area contributed by atoms with Gasteiger partial charge in [0.05, 0.1) is 0 Å². The first-order chi connectivity index (χ1) is 6.27. The van der Waals surface area contributed by atoms with Crippen molar-refractivity contribution in [1.29, 1.82) is 0 Å². The summed E-state index contributed by atoms with van der Waals surface area (Å²) in [7, 11) is 0.